The zero-order valence-corrected chi connectivity index (χ0v) is 8.46. The van der Waals surface area contributed by atoms with E-state index in [1.165, 1.54) is 0 Å². The summed E-state index contributed by atoms with van der Waals surface area (Å²) in [7, 11) is -3.04. The maximum absolute atomic E-state index is 11.1. The molecule has 4 heteroatoms. The average molecular weight is 179 g/mol. The number of nitrogens with one attached hydrogen (secondary N) is 1. The summed E-state index contributed by atoms with van der Waals surface area (Å²) >= 11 is 0. The van der Waals surface area contributed by atoms with Crippen molar-refractivity contribution < 1.29 is 8.42 Å². The van der Waals surface area contributed by atoms with Crippen LogP contribution in [-0.4, -0.2) is 19.7 Å². The number of hydrogen-bond donors (Lipinski definition) is 1. The molecule has 0 heterocycles. The van der Waals surface area contributed by atoms with E-state index in [9.17, 15) is 8.42 Å². The summed E-state index contributed by atoms with van der Waals surface area (Å²) in [5.41, 5.74) is -0.311. The van der Waals surface area contributed by atoms with E-state index in [1.54, 1.807) is 6.92 Å². The van der Waals surface area contributed by atoms with Gasteiger partial charge in [-0.3, -0.25) is 0 Å². The zero-order chi connectivity index (χ0) is 9.12. The van der Waals surface area contributed by atoms with Gasteiger partial charge in [-0.05, 0) is 27.2 Å². The lowest BCUT2D eigenvalue weighted by Gasteiger charge is -2.23. The molecule has 0 rings (SSSR count). The third-order valence-electron chi connectivity index (χ3n) is 1.70. The first-order valence-electron chi connectivity index (χ1n) is 3.84. The molecule has 0 spiro atoms. The Balaban J connectivity index is 4.26. The lowest BCUT2D eigenvalue weighted by atomic mass is 10.0. The molecule has 0 aromatic rings. The average Bonchev–Trinajstić information content (AvgIpc) is 1.86. The van der Waals surface area contributed by atoms with Gasteiger partial charge in [-0.25, -0.2) is 13.1 Å². The molecule has 1 N–H and O–H groups in total. The lowest BCUT2D eigenvalue weighted by molar-refractivity contribution is 0.440. The highest BCUT2D eigenvalue weighted by molar-refractivity contribution is 7.89. The summed E-state index contributed by atoms with van der Waals surface area (Å²) in [5.74, 6) is 0.149. The van der Waals surface area contributed by atoms with Gasteiger partial charge in [0.25, 0.3) is 0 Å². The van der Waals surface area contributed by atoms with Crippen LogP contribution < -0.4 is 4.72 Å². The third kappa shape index (κ3) is 4.37. The Morgan fingerprint density at radius 1 is 1.27 bits per heavy atom. The van der Waals surface area contributed by atoms with Gasteiger partial charge >= 0.3 is 0 Å². The molecule has 0 atom stereocenters. The summed E-state index contributed by atoms with van der Waals surface area (Å²) in [5, 5.41) is 0. The van der Waals surface area contributed by atoms with Gasteiger partial charge in [0.15, 0.2) is 0 Å². The van der Waals surface area contributed by atoms with Gasteiger partial charge in [0.2, 0.25) is 10.0 Å². The number of rotatable bonds is 4. The first kappa shape index (κ1) is 10.9. The summed E-state index contributed by atoms with van der Waals surface area (Å²) in [6.07, 6.45) is 0.798. The van der Waals surface area contributed by atoms with Crippen LogP contribution in [0, 0.1) is 0 Å². The molecule has 0 bridgehead atoms. The van der Waals surface area contributed by atoms with Gasteiger partial charge in [0.1, 0.15) is 0 Å². The van der Waals surface area contributed by atoms with E-state index in [4.69, 9.17) is 0 Å². The van der Waals surface area contributed by atoms with Crippen LogP contribution in [-0.2, 0) is 10.0 Å². The molecule has 0 amide bonds. The Kier molecular flexibility index (Phi) is 3.51. The van der Waals surface area contributed by atoms with Crippen molar-refractivity contribution in [1.82, 2.24) is 4.72 Å². The van der Waals surface area contributed by atoms with Crippen molar-refractivity contribution in [3.05, 3.63) is 0 Å². The van der Waals surface area contributed by atoms with Crippen molar-refractivity contribution in [3.63, 3.8) is 0 Å². The molecule has 0 saturated carbocycles. The molecule has 0 fully saturated rings. The van der Waals surface area contributed by atoms with Gasteiger partial charge < -0.3 is 0 Å². The summed E-state index contributed by atoms with van der Waals surface area (Å²) in [4.78, 5) is 0. The zero-order valence-electron chi connectivity index (χ0n) is 7.64. The van der Waals surface area contributed by atoms with Gasteiger partial charge in [0.05, 0.1) is 5.75 Å². The Bertz CT molecular complexity index is 206. The van der Waals surface area contributed by atoms with Crippen molar-refractivity contribution in [2.24, 2.45) is 0 Å². The van der Waals surface area contributed by atoms with Crippen molar-refractivity contribution in [2.75, 3.05) is 5.75 Å². The highest BCUT2D eigenvalue weighted by atomic mass is 32.2. The van der Waals surface area contributed by atoms with Crippen molar-refractivity contribution in [3.8, 4) is 0 Å². The van der Waals surface area contributed by atoms with E-state index in [-0.39, 0.29) is 11.3 Å². The second kappa shape index (κ2) is 3.54. The second-order valence-electron chi connectivity index (χ2n) is 3.24. The monoisotopic (exact) mass is 179 g/mol. The van der Waals surface area contributed by atoms with Crippen LogP contribution in [0.4, 0.5) is 0 Å². The topological polar surface area (TPSA) is 46.2 Å². The highest BCUT2D eigenvalue weighted by Gasteiger charge is 2.20. The fourth-order valence-electron chi connectivity index (χ4n) is 0.565. The minimum Gasteiger partial charge on any atom is -0.212 e. The molecule has 0 aliphatic heterocycles. The molecule has 0 saturated heterocycles. The standard InChI is InChI=1S/C7H17NO2S/c1-5-7(3,4)8-11(9,10)6-2/h8H,5-6H2,1-4H3. The Morgan fingerprint density at radius 2 is 1.73 bits per heavy atom. The molecule has 68 valence electrons. The van der Waals surface area contributed by atoms with Crippen molar-refractivity contribution in [2.45, 2.75) is 39.7 Å². The molecule has 0 aliphatic rings. The minimum atomic E-state index is -3.04. The fourth-order valence-corrected chi connectivity index (χ4v) is 1.70. The molecule has 11 heavy (non-hydrogen) atoms. The Labute approximate surface area is 69.2 Å². The molecule has 0 aromatic carbocycles. The van der Waals surface area contributed by atoms with Gasteiger partial charge in [0, 0.05) is 5.54 Å². The SMILES string of the molecule is CCC(C)(C)NS(=O)(=O)CC. The molecule has 3 nitrogen and oxygen atoms in total. The summed E-state index contributed by atoms with van der Waals surface area (Å²) in [6, 6.07) is 0. The Morgan fingerprint density at radius 3 is 2.00 bits per heavy atom. The van der Waals surface area contributed by atoms with E-state index in [0.29, 0.717) is 0 Å². The first-order chi connectivity index (χ1) is 4.83. The van der Waals surface area contributed by atoms with Crippen LogP contribution in [0.15, 0.2) is 0 Å². The maximum atomic E-state index is 11.1. The fraction of sp³-hybridized carbons (Fsp3) is 1.00. The molecule has 0 radical (unpaired) electrons. The predicted octanol–water partition coefficient (Wildman–Crippen LogP) is 1.11. The number of sulfonamides is 1. The lowest BCUT2D eigenvalue weighted by Crippen LogP contribution is -2.43. The van der Waals surface area contributed by atoms with E-state index >= 15 is 0 Å². The predicted molar refractivity (Wildman–Crippen MR) is 47.0 cm³/mol. The van der Waals surface area contributed by atoms with E-state index in [0.717, 1.165) is 6.42 Å². The first-order valence-corrected chi connectivity index (χ1v) is 5.50. The molecular weight excluding hydrogens is 162 g/mol. The van der Waals surface area contributed by atoms with Crippen LogP contribution in [0.3, 0.4) is 0 Å². The molecular formula is C7H17NO2S. The van der Waals surface area contributed by atoms with Crippen LogP contribution in [0.25, 0.3) is 0 Å². The molecule has 0 unspecified atom stereocenters. The van der Waals surface area contributed by atoms with Crippen LogP contribution in [0.1, 0.15) is 34.1 Å². The quantitative estimate of drug-likeness (QED) is 0.703. The summed E-state index contributed by atoms with van der Waals surface area (Å²) in [6.45, 7) is 7.34. The number of hydrogen-bond acceptors (Lipinski definition) is 2. The normalized spacial score (nSPS) is 13.5. The Hall–Kier alpha value is -0.0900. The van der Waals surface area contributed by atoms with Gasteiger partial charge in [-0.15, -0.1) is 0 Å². The third-order valence-corrected chi connectivity index (χ3v) is 3.32. The largest absolute Gasteiger partial charge is 0.212 e. The van der Waals surface area contributed by atoms with Crippen molar-refractivity contribution >= 4 is 10.0 Å². The van der Waals surface area contributed by atoms with Crippen LogP contribution >= 0.6 is 0 Å². The van der Waals surface area contributed by atoms with E-state index in [1.807, 2.05) is 20.8 Å². The van der Waals surface area contributed by atoms with Crippen molar-refractivity contribution in [1.29, 1.82) is 0 Å². The van der Waals surface area contributed by atoms with E-state index in [2.05, 4.69) is 4.72 Å². The second-order valence-corrected chi connectivity index (χ2v) is 5.25. The highest BCUT2D eigenvalue weighted by Crippen LogP contribution is 2.08. The summed E-state index contributed by atoms with van der Waals surface area (Å²) < 4.78 is 24.7. The van der Waals surface area contributed by atoms with Gasteiger partial charge in [-0.1, -0.05) is 6.92 Å². The molecule has 0 aromatic heterocycles. The molecule has 0 aliphatic carbocycles. The van der Waals surface area contributed by atoms with Crippen LogP contribution in [0.2, 0.25) is 0 Å². The maximum Gasteiger partial charge on any atom is 0.211 e. The van der Waals surface area contributed by atoms with E-state index < -0.39 is 10.0 Å². The van der Waals surface area contributed by atoms with Crippen LogP contribution in [0.5, 0.6) is 0 Å². The minimum absolute atomic E-state index is 0.149. The smallest absolute Gasteiger partial charge is 0.211 e. The van der Waals surface area contributed by atoms with Gasteiger partial charge in [-0.2, -0.15) is 0 Å².